The lowest BCUT2D eigenvalue weighted by Gasteiger charge is -2.32. The maximum Gasteiger partial charge on any atom is 0.190 e. The molecule has 8 heteroatoms. The highest BCUT2D eigenvalue weighted by Crippen LogP contribution is 2.42. The summed E-state index contributed by atoms with van der Waals surface area (Å²) in [4.78, 5) is 18.5. The SMILES string of the molecule is CNc1ccc(C2N=C3SC(c4ccc(Cl)cc4Cl)=NN3C(c3ccccc3)C2=O)cc1. The number of ketones is 1. The van der Waals surface area contributed by atoms with Gasteiger partial charge in [0.15, 0.2) is 11.0 Å². The molecule has 1 N–H and O–H groups in total. The second kappa shape index (κ2) is 8.62. The second-order valence-electron chi connectivity index (χ2n) is 7.38. The molecule has 0 bridgehead atoms. The van der Waals surface area contributed by atoms with E-state index in [2.05, 4.69) is 5.32 Å². The average Bonchev–Trinajstić information content (AvgIpc) is 3.22. The van der Waals surface area contributed by atoms with E-state index in [0.29, 0.717) is 20.3 Å². The van der Waals surface area contributed by atoms with Crippen LogP contribution in [-0.4, -0.2) is 28.1 Å². The summed E-state index contributed by atoms with van der Waals surface area (Å²) < 4.78 is 0. The van der Waals surface area contributed by atoms with Gasteiger partial charge in [0, 0.05) is 23.3 Å². The Labute approximate surface area is 200 Å². The van der Waals surface area contributed by atoms with Crippen molar-refractivity contribution in [1.29, 1.82) is 0 Å². The second-order valence-corrected chi connectivity index (χ2v) is 9.18. The van der Waals surface area contributed by atoms with E-state index in [4.69, 9.17) is 33.3 Å². The Kier molecular flexibility index (Phi) is 5.67. The summed E-state index contributed by atoms with van der Waals surface area (Å²) in [5.41, 5.74) is 3.45. The number of hydrogen-bond acceptors (Lipinski definition) is 6. The molecule has 0 radical (unpaired) electrons. The van der Waals surface area contributed by atoms with Gasteiger partial charge in [0.05, 0.1) is 5.02 Å². The Morgan fingerprint density at radius 3 is 2.41 bits per heavy atom. The van der Waals surface area contributed by atoms with Crippen molar-refractivity contribution >= 4 is 56.6 Å². The predicted molar refractivity (Wildman–Crippen MR) is 133 cm³/mol. The highest BCUT2D eigenvalue weighted by atomic mass is 35.5. The molecule has 32 heavy (non-hydrogen) atoms. The van der Waals surface area contributed by atoms with Crippen molar-refractivity contribution in [3.05, 3.63) is 99.5 Å². The number of fused-ring (bicyclic) bond motifs is 1. The molecule has 2 unspecified atom stereocenters. The van der Waals surface area contributed by atoms with E-state index < -0.39 is 12.1 Å². The molecule has 0 aliphatic carbocycles. The van der Waals surface area contributed by atoms with Gasteiger partial charge in [0.25, 0.3) is 0 Å². The zero-order valence-electron chi connectivity index (χ0n) is 17.0. The van der Waals surface area contributed by atoms with E-state index in [-0.39, 0.29) is 5.78 Å². The van der Waals surface area contributed by atoms with Crippen LogP contribution < -0.4 is 5.32 Å². The number of nitrogens with zero attached hydrogens (tertiary/aromatic N) is 3. The number of thioether (sulfide) groups is 1. The molecule has 5 rings (SSSR count). The molecule has 2 atom stereocenters. The normalized spacial score (nSPS) is 20.0. The van der Waals surface area contributed by atoms with E-state index in [0.717, 1.165) is 22.4 Å². The van der Waals surface area contributed by atoms with Gasteiger partial charge in [-0.2, -0.15) is 5.10 Å². The smallest absolute Gasteiger partial charge is 0.190 e. The predicted octanol–water partition coefficient (Wildman–Crippen LogP) is 6.17. The number of carbonyl (C=O) groups excluding carboxylic acids is 1. The van der Waals surface area contributed by atoms with Gasteiger partial charge < -0.3 is 5.32 Å². The molecule has 3 aromatic carbocycles. The lowest BCUT2D eigenvalue weighted by Crippen LogP contribution is -2.38. The quantitative estimate of drug-likeness (QED) is 0.485. The summed E-state index contributed by atoms with van der Waals surface area (Å²) in [6.07, 6.45) is 0. The molecular weight excluding hydrogens is 463 g/mol. The minimum absolute atomic E-state index is 0.0232. The van der Waals surface area contributed by atoms with E-state index in [9.17, 15) is 4.79 Å². The van der Waals surface area contributed by atoms with E-state index in [1.54, 1.807) is 17.1 Å². The number of benzene rings is 3. The number of hydrogen-bond donors (Lipinski definition) is 1. The van der Waals surface area contributed by atoms with Crippen LogP contribution in [-0.2, 0) is 4.79 Å². The lowest BCUT2D eigenvalue weighted by atomic mass is 9.92. The summed E-state index contributed by atoms with van der Waals surface area (Å²) in [6, 6.07) is 21.6. The van der Waals surface area contributed by atoms with E-state index in [1.165, 1.54) is 11.8 Å². The van der Waals surface area contributed by atoms with Gasteiger partial charge in [0.1, 0.15) is 17.1 Å². The molecule has 160 valence electrons. The van der Waals surface area contributed by atoms with Crippen LogP contribution in [0.5, 0.6) is 0 Å². The lowest BCUT2D eigenvalue weighted by molar-refractivity contribution is -0.125. The molecule has 0 saturated carbocycles. The highest BCUT2D eigenvalue weighted by molar-refractivity contribution is 8.27. The Morgan fingerprint density at radius 1 is 0.969 bits per heavy atom. The molecular formula is C24H18Cl2N4OS. The first kappa shape index (κ1) is 21.1. The van der Waals surface area contributed by atoms with Crippen molar-refractivity contribution < 1.29 is 4.79 Å². The third-order valence-corrected chi connectivity index (χ3v) is 6.92. The number of Topliss-reactive ketones (excluding diaryl/α,β-unsaturated/α-hetero) is 1. The van der Waals surface area contributed by atoms with Crippen LogP contribution >= 0.6 is 35.0 Å². The van der Waals surface area contributed by atoms with Crippen LogP contribution in [0.3, 0.4) is 0 Å². The third kappa shape index (κ3) is 3.79. The van der Waals surface area contributed by atoms with Crippen LogP contribution in [0.4, 0.5) is 5.69 Å². The van der Waals surface area contributed by atoms with Crippen molar-refractivity contribution in [3.63, 3.8) is 0 Å². The fourth-order valence-corrected chi connectivity index (χ4v) is 5.32. The molecule has 5 nitrogen and oxygen atoms in total. The number of carbonyl (C=O) groups is 1. The average molecular weight is 481 g/mol. The molecule has 0 amide bonds. The first-order valence-corrected chi connectivity index (χ1v) is 11.6. The summed E-state index contributed by atoms with van der Waals surface area (Å²) >= 11 is 13.9. The highest BCUT2D eigenvalue weighted by Gasteiger charge is 2.43. The first-order valence-electron chi connectivity index (χ1n) is 10.0. The minimum Gasteiger partial charge on any atom is -0.388 e. The van der Waals surface area contributed by atoms with Crippen LogP contribution in [0, 0.1) is 0 Å². The first-order chi connectivity index (χ1) is 15.5. The molecule has 0 aromatic heterocycles. The molecule has 0 fully saturated rings. The zero-order chi connectivity index (χ0) is 22.2. The number of rotatable bonds is 4. The fourth-order valence-electron chi connectivity index (χ4n) is 3.78. The van der Waals surface area contributed by atoms with Gasteiger partial charge in [-0.25, -0.2) is 10.0 Å². The standard InChI is InChI=1S/C24H18Cl2N4OS/c1-27-17-10-7-14(8-11-17)20-22(31)21(15-5-3-2-4-6-15)30-24(28-20)32-23(29-30)18-12-9-16(25)13-19(18)26/h2-13,20-21,27H,1H3. The van der Waals surface area contributed by atoms with Crippen molar-refractivity contribution in [2.75, 3.05) is 12.4 Å². The van der Waals surface area contributed by atoms with Gasteiger partial charge in [-0.05, 0) is 53.2 Å². The largest absolute Gasteiger partial charge is 0.388 e. The van der Waals surface area contributed by atoms with Crippen LogP contribution in [0.2, 0.25) is 10.0 Å². The maximum atomic E-state index is 13.7. The maximum absolute atomic E-state index is 13.7. The van der Waals surface area contributed by atoms with Crippen LogP contribution in [0.1, 0.15) is 28.8 Å². The van der Waals surface area contributed by atoms with Gasteiger partial charge in [0.2, 0.25) is 0 Å². The molecule has 0 saturated heterocycles. The molecule has 3 aromatic rings. The van der Waals surface area contributed by atoms with Gasteiger partial charge in [-0.1, -0.05) is 65.7 Å². The molecule has 2 aliphatic heterocycles. The van der Waals surface area contributed by atoms with Crippen molar-refractivity contribution in [2.45, 2.75) is 12.1 Å². The number of halogens is 2. The summed E-state index contributed by atoms with van der Waals surface area (Å²) in [5.74, 6) is -0.0232. The number of amidine groups is 1. The van der Waals surface area contributed by atoms with Crippen molar-refractivity contribution in [3.8, 4) is 0 Å². The third-order valence-electron chi connectivity index (χ3n) is 5.40. The monoisotopic (exact) mass is 480 g/mol. The summed E-state index contributed by atoms with van der Waals surface area (Å²) in [5, 5.41) is 12.0. The fraction of sp³-hybridized carbons (Fsp3) is 0.125. The molecule has 2 heterocycles. The van der Waals surface area contributed by atoms with Gasteiger partial charge in [-0.3, -0.25) is 4.79 Å². The molecule has 2 aliphatic rings. The number of anilines is 1. The summed E-state index contributed by atoms with van der Waals surface area (Å²) in [6.45, 7) is 0. The van der Waals surface area contributed by atoms with Gasteiger partial charge in [-0.15, -0.1) is 0 Å². The zero-order valence-corrected chi connectivity index (χ0v) is 19.3. The van der Waals surface area contributed by atoms with Crippen molar-refractivity contribution in [2.24, 2.45) is 10.1 Å². The Bertz CT molecular complexity index is 1240. The Balaban J connectivity index is 1.59. The number of nitrogens with one attached hydrogen (secondary N) is 1. The Hall–Kier alpha value is -2.80. The molecule has 0 spiro atoms. The van der Waals surface area contributed by atoms with Crippen LogP contribution in [0.15, 0.2) is 82.9 Å². The van der Waals surface area contributed by atoms with E-state index in [1.807, 2.05) is 67.7 Å². The topological polar surface area (TPSA) is 57.1 Å². The number of hydrazone groups is 1. The minimum atomic E-state index is -0.611. The van der Waals surface area contributed by atoms with E-state index >= 15 is 0 Å². The number of aliphatic imine (C=N–C) groups is 1. The summed E-state index contributed by atoms with van der Waals surface area (Å²) in [7, 11) is 1.86. The van der Waals surface area contributed by atoms with Gasteiger partial charge >= 0.3 is 0 Å². The van der Waals surface area contributed by atoms with Crippen molar-refractivity contribution in [1.82, 2.24) is 5.01 Å². The Morgan fingerprint density at radius 2 is 1.72 bits per heavy atom. The van der Waals surface area contributed by atoms with Crippen LogP contribution in [0.25, 0.3) is 0 Å².